The highest BCUT2D eigenvalue weighted by molar-refractivity contribution is 5.86. The van der Waals surface area contributed by atoms with Gasteiger partial charge in [-0.15, -0.1) is 0 Å². The molecule has 0 aromatic heterocycles. The lowest BCUT2D eigenvalue weighted by molar-refractivity contribution is 0.599. The van der Waals surface area contributed by atoms with Gasteiger partial charge < -0.3 is 0 Å². The maximum absolute atomic E-state index is 4.69. The van der Waals surface area contributed by atoms with Crippen LogP contribution in [0.1, 0.15) is 39.3 Å². The molecular weight excluding hydrogens is 218 g/mol. The van der Waals surface area contributed by atoms with E-state index in [0.717, 1.165) is 0 Å². The third-order valence-corrected chi connectivity index (χ3v) is 2.96. The van der Waals surface area contributed by atoms with Gasteiger partial charge in [0.1, 0.15) is 0 Å². The smallest absolute Gasteiger partial charge is 0.0723 e. The Hall–Kier alpha value is -1.63. The molecule has 1 heteroatoms. The van der Waals surface area contributed by atoms with Gasteiger partial charge in [-0.25, -0.2) is 0 Å². The van der Waals surface area contributed by atoms with Crippen molar-refractivity contribution in [2.24, 2.45) is 10.4 Å². The predicted octanol–water partition coefficient (Wildman–Crippen LogP) is 5.02. The van der Waals surface area contributed by atoms with Crippen molar-refractivity contribution in [3.8, 4) is 0 Å². The van der Waals surface area contributed by atoms with Gasteiger partial charge in [-0.1, -0.05) is 63.2 Å². The van der Waals surface area contributed by atoms with Crippen LogP contribution in [0.2, 0.25) is 0 Å². The van der Waals surface area contributed by atoms with E-state index in [1.165, 1.54) is 16.3 Å². The zero-order valence-corrected chi connectivity index (χ0v) is 11.6. The van der Waals surface area contributed by atoms with Crippen molar-refractivity contribution in [2.45, 2.75) is 33.7 Å². The van der Waals surface area contributed by atoms with E-state index < -0.39 is 0 Å². The van der Waals surface area contributed by atoms with Crippen molar-refractivity contribution in [3.63, 3.8) is 0 Å². The highest BCUT2D eigenvalue weighted by Crippen LogP contribution is 2.26. The quantitative estimate of drug-likeness (QED) is 0.653. The van der Waals surface area contributed by atoms with E-state index in [9.17, 15) is 0 Å². The second-order valence-electron chi connectivity index (χ2n) is 5.89. The maximum Gasteiger partial charge on any atom is 0.0723 e. The fourth-order valence-corrected chi connectivity index (χ4v) is 2.03. The van der Waals surface area contributed by atoms with Crippen molar-refractivity contribution in [1.29, 1.82) is 0 Å². The van der Waals surface area contributed by atoms with Crippen LogP contribution in [-0.4, -0.2) is 6.21 Å². The van der Waals surface area contributed by atoms with Crippen LogP contribution in [0, 0.1) is 5.41 Å². The van der Waals surface area contributed by atoms with Crippen LogP contribution in [0.5, 0.6) is 0 Å². The van der Waals surface area contributed by atoms with E-state index in [4.69, 9.17) is 4.99 Å². The molecule has 0 saturated heterocycles. The molecule has 18 heavy (non-hydrogen) atoms. The second-order valence-corrected chi connectivity index (χ2v) is 5.89. The molecule has 1 nitrogen and oxygen atoms in total. The number of hydrogen-bond donors (Lipinski definition) is 0. The lowest BCUT2D eigenvalue weighted by Gasteiger charge is -2.14. The van der Waals surface area contributed by atoms with Gasteiger partial charge in [-0.2, -0.15) is 0 Å². The van der Waals surface area contributed by atoms with Crippen molar-refractivity contribution >= 4 is 17.0 Å². The largest absolute Gasteiger partial charge is 0.289 e. The molecule has 2 aromatic carbocycles. The van der Waals surface area contributed by atoms with Crippen LogP contribution in [-0.2, 0) is 0 Å². The second kappa shape index (κ2) is 4.93. The minimum atomic E-state index is 0.138. The first-order valence-electron chi connectivity index (χ1n) is 6.49. The predicted molar refractivity (Wildman–Crippen MR) is 80.3 cm³/mol. The van der Waals surface area contributed by atoms with Gasteiger partial charge in [0.2, 0.25) is 0 Å². The molecule has 0 bridgehead atoms. The molecule has 0 aliphatic carbocycles. The van der Waals surface area contributed by atoms with Gasteiger partial charge >= 0.3 is 0 Å². The fourth-order valence-electron chi connectivity index (χ4n) is 2.03. The SMILES string of the molecule is C[C@@H](N=CC(C)(C)C)c1cccc2ccccc12. The van der Waals surface area contributed by atoms with Gasteiger partial charge in [0, 0.05) is 6.21 Å². The van der Waals surface area contributed by atoms with Crippen molar-refractivity contribution in [2.75, 3.05) is 0 Å². The number of benzene rings is 2. The summed E-state index contributed by atoms with van der Waals surface area (Å²) in [6.07, 6.45) is 2.06. The fraction of sp³-hybridized carbons (Fsp3) is 0.353. The van der Waals surface area contributed by atoms with Crippen molar-refractivity contribution in [1.82, 2.24) is 0 Å². The number of rotatable bonds is 2. The number of nitrogens with zero attached hydrogens (tertiary/aromatic N) is 1. The van der Waals surface area contributed by atoms with Gasteiger partial charge in [0.15, 0.2) is 0 Å². The molecule has 0 saturated carbocycles. The van der Waals surface area contributed by atoms with Crippen molar-refractivity contribution < 1.29 is 0 Å². The van der Waals surface area contributed by atoms with Gasteiger partial charge in [-0.3, -0.25) is 4.99 Å². The lowest BCUT2D eigenvalue weighted by atomic mass is 9.97. The zero-order valence-electron chi connectivity index (χ0n) is 11.6. The molecule has 2 rings (SSSR count). The summed E-state index contributed by atoms with van der Waals surface area (Å²) < 4.78 is 0. The van der Waals surface area contributed by atoms with Crippen LogP contribution in [0.4, 0.5) is 0 Å². The molecule has 2 aromatic rings. The van der Waals surface area contributed by atoms with E-state index in [0.29, 0.717) is 0 Å². The van der Waals surface area contributed by atoms with Crippen LogP contribution in [0.3, 0.4) is 0 Å². The molecule has 0 N–H and O–H groups in total. The first-order chi connectivity index (χ1) is 8.47. The van der Waals surface area contributed by atoms with E-state index >= 15 is 0 Å². The molecule has 0 heterocycles. The normalized spacial score (nSPS) is 14.2. The lowest BCUT2D eigenvalue weighted by Crippen LogP contribution is -2.07. The highest BCUT2D eigenvalue weighted by Gasteiger charge is 2.10. The molecule has 1 atom stereocenters. The molecule has 0 fully saturated rings. The summed E-state index contributed by atoms with van der Waals surface area (Å²) in [6, 6.07) is 15.1. The monoisotopic (exact) mass is 239 g/mol. The minimum Gasteiger partial charge on any atom is -0.289 e. The summed E-state index contributed by atoms with van der Waals surface area (Å²) in [6.45, 7) is 8.68. The highest BCUT2D eigenvalue weighted by atomic mass is 14.8. The van der Waals surface area contributed by atoms with Crippen LogP contribution in [0.15, 0.2) is 47.5 Å². The Morgan fingerprint density at radius 3 is 2.39 bits per heavy atom. The molecular formula is C17H21N. The number of hydrogen-bond acceptors (Lipinski definition) is 1. The summed E-state index contributed by atoms with van der Waals surface area (Å²) in [7, 11) is 0. The van der Waals surface area contributed by atoms with Gasteiger partial charge in [0.05, 0.1) is 6.04 Å². The Bertz CT molecular complexity index is 556. The van der Waals surface area contributed by atoms with E-state index in [2.05, 4.69) is 76.4 Å². The Kier molecular flexibility index (Phi) is 3.51. The average molecular weight is 239 g/mol. The first-order valence-corrected chi connectivity index (χ1v) is 6.49. The first kappa shape index (κ1) is 12.8. The minimum absolute atomic E-state index is 0.138. The maximum atomic E-state index is 4.69. The van der Waals surface area contributed by atoms with Crippen molar-refractivity contribution in [3.05, 3.63) is 48.0 Å². The van der Waals surface area contributed by atoms with Gasteiger partial charge in [-0.05, 0) is 28.7 Å². The van der Waals surface area contributed by atoms with Crippen LogP contribution in [0.25, 0.3) is 10.8 Å². The summed E-state index contributed by atoms with van der Waals surface area (Å²) in [5.74, 6) is 0. The van der Waals surface area contributed by atoms with Crippen LogP contribution < -0.4 is 0 Å². The molecule has 0 aliphatic rings. The summed E-state index contributed by atoms with van der Waals surface area (Å²) >= 11 is 0. The molecule has 0 unspecified atom stereocenters. The number of fused-ring (bicyclic) bond motifs is 1. The van der Waals surface area contributed by atoms with E-state index in [1.54, 1.807) is 0 Å². The Labute approximate surface area is 110 Å². The average Bonchev–Trinajstić information content (AvgIpc) is 2.34. The van der Waals surface area contributed by atoms with Gasteiger partial charge in [0.25, 0.3) is 0 Å². The summed E-state index contributed by atoms with van der Waals surface area (Å²) in [5, 5.41) is 2.59. The Morgan fingerprint density at radius 1 is 1.00 bits per heavy atom. The molecule has 0 aliphatic heterocycles. The number of aliphatic imine (C=N–C) groups is 1. The topological polar surface area (TPSA) is 12.4 Å². The Balaban J connectivity index is 2.39. The molecule has 0 spiro atoms. The zero-order chi connectivity index (χ0) is 13.2. The standard InChI is InChI=1S/C17H21N/c1-13(18-12-17(2,3)4)15-11-7-9-14-8-5-6-10-16(14)15/h5-13H,1-4H3/t13-/m1/s1. The van der Waals surface area contributed by atoms with Crippen LogP contribution >= 0.6 is 0 Å². The third-order valence-electron chi connectivity index (χ3n) is 2.96. The summed E-state index contributed by atoms with van der Waals surface area (Å²) in [4.78, 5) is 4.69. The molecule has 0 amide bonds. The Morgan fingerprint density at radius 2 is 1.67 bits per heavy atom. The molecule has 94 valence electrons. The summed E-state index contributed by atoms with van der Waals surface area (Å²) in [5.41, 5.74) is 1.44. The van der Waals surface area contributed by atoms with E-state index in [1.807, 2.05) is 0 Å². The van der Waals surface area contributed by atoms with E-state index in [-0.39, 0.29) is 11.5 Å². The third kappa shape index (κ3) is 2.98. The molecule has 0 radical (unpaired) electrons.